The van der Waals surface area contributed by atoms with Crippen LogP contribution in [0.5, 0.6) is 0 Å². The van der Waals surface area contributed by atoms with Crippen molar-refractivity contribution < 1.29 is 9.53 Å². The lowest BCUT2D eigenvalue weighted by atomic mass is 9.80. The van der Waals surface area contributed by atoms with E-state index in [2.05, 4.69) is 26.5 Å². The van der Waals surface area contributed by atoms with Gasteiger partial charge in [0.1, 0.15) is 6.10 Å². The van der Waals surface area contributed by atoms with Crippen molar-refractivity contribution in [3.8, 4) is 0 Å². The van der Waals surface area contributed by atoms with Gasteiger partial charge in [-0.3, -0.25) is 0 Å². The molecule has 1 saturated carbocycles. The molecule has 0 aliphatic heterocycles. The van der Waals surface area contributed by atoms with Gasteiger partial charge in [0.2, 0.25) is 0 Å². The SMILES string of the molecule is CC1CCC(OC(=O)c2cc(S)ccc2Cl)CC1C. The molecule has 0 amide bonds. The second-order valence-electron chi connectivity index (χ2n) is 5.46. The van der Waals surface area contributed by atoms with E-state index in [0.717, 1.165) is 19.3 Å². The fourth-order valence-electron chi connectivity index (χ4n) is 2.49. The Morgan fingerprint density at radius 2 is 2.05 bits per heavy atom. The van der Waals surface area contributed by atoms with Gasteiger partial charge in [-0.2, -0.15) is 0 Å². The Kier molecular flexibility index (Phi) is 4.80. The zero-order valence-electron chi connectivity index (χ0n) is 11.2. The van der Waals surface area contributed by atoms with Crippen molar-refractivity contribution in [2.24, 2.45) is 11.8 Å². The summed E-state index contributed by atoms with van der Waals surface area (Å²) in [5.41, 5.74) is 0.403. The summed E-state index contributed by atoms with van der Waals surface area (Å²) in [6.45, 7) is 4.47. The fourth-order valence-corrected chi connectivity index (χ4v) is 2.89. The quantitative estimate of drug-likeness (QED) is 0.637. The number of hydrogen-bond donors (Lipinski definition) is 1. The third-order valence-electron chi connectivity index (χ3n) is 3.99. The molecular weight excluding hydrogens is 280 g/mol. The molecular formula is C15H19ClO2S. The average Bonchev–Trinajstić information content (AvgIpc) is 2.36. The van der Waals surface area contributed by atoms with Gasteiger partial charge < -0.3 is 4.74 Å². The Balaban J connectivity index is 2.03. The second-order valence-corrected chi connectivity index (χ2v) is 6.38. The van der Waals surface area contributed by atoms with Crippen molar-refractivity contribution in [3.05, 3.63) is 28.8 Å². The molecule has 0 bridgehead atoms. The molecule has 0 spiro atoms. The van der Waals surface area contributed by atoms with E-state index in [0.29, 0.717) is 27.3 Å². The highest BCUT2D eigenvalue weighted by molar-refractivity contribution is 7.80. The average molecular weight is 299 g/mol. The summed E-state index contributed by atoms with van der Waals surface area (Å²) in [5.74, 6) is 0.963. The van der Waals surface area contributed by atoms with Gasteiger partial charge in [-0.05, 0) is 49.3 Å². The maximum absolute atomic E-state index is 12.1. The van der Waals surface area contributed by atoms with Gasteiger partial charge >= 0.3 is 5.97 Å². The summed E-state index contributed by atoms with van der Waals surface area (Å²) < 4.78 is 5.57. The van der Waals surface area contributed by atoms with Crippen LogP contribution in [0, 0.1) is 11.8 Å². The summed E-state index contributed by atoms with van der Waals surface area (Å²) in [5, 5.41) is 0.417. The predicted octanol–water partition coefficient (Wildman–Crippen LogP) is 4.61. The lowest BCUT2D eigenvalue weighted by Crippen LogP contribution is -2.28. The van der Waals surface area contributed by atoms with Crippen molar-refractivity contribution in [1.82, 2.24) is 0 Å². The van der Waals surface area contributed by atoms with Gasteiger partial charge in [-0.15, -0.1) is 12.6 Å². The highest BCUT2D eigenvalue weighted by atomic mass is 35.5. The first-order valence-corrected chi connectivity index (χ1v) is 7.49. The van der Waals surface area contributed by atoms with Crippen LogP contribution in [0.15, 0.2) is 23.1 Å². The highest BCUT2D eigenvalue weighted by Crippen LogP contribution is 2.32. The van der Waals surface area contributed by atoms with E-state index < -0.39 is 0 Å². The van der Waals surface area contributed by atoms with Crippen LogP contribution in [0.4, 0.5) is 0 Å². The first-order chi connectivity index (χ1) is 8.97. The number of ether oxygens (including phenoxy) is 1. The monoisotopic (exact) mass is 298 g/mol. The molecule has 1 aromatic rings. The van der Waals surface area contributed by atoms with Crippen LogP contribution in [-0.2, 0) is 4.74 Å². The predicted molar refractivity (Wildman–Crippen MR) is 80.1 cm³/mol. The van der Waals surface area contributed by atoms with Gasteiger partial charge in [0.15, 0.2) is 0 Å². The molecule has 0 N–H and O–H groups in total. The molecule has 0 saturated heterocycles. The molecule has 104 valence electrons. The molecule has 1 aliphatic rings. The van der Waals surface area contributed by atoms with E-state index >= 15 is 0 Å². The Labute approximate surface area is 124 Å². The summed E-state index contributed by atoms with van der Waals surface area (Å²) in [6, 6.07) is 5.08. The van der Waals surface area contributed by atoms with Gasteiger partial charge in [-0.25, -0.2) is 4.79 Å². The Bertz CT molecular complexity index is 475. The number of thiol groups is 1. The number of benzene rings is 1. The van der Waals surface area contributed by atoms with E-state index in [9.17, 15) is 4.79 Å². The minimum Gasteiger partial charge on any atom is -0.459 e. The van der Waals surface area contributed by atoms with Gasteiger partial charge in [0.05, 0.1) is 10.6 Å². The molecule has 4 heteroatoms. The van der Waals surface area contributed by atoms with Crippen molar-refractivity contribution in [3.63, 3.8) is 0 Å². The van der Waals surface area contributed by atoms with Crippen LogP contribution in [0.2, 0.25) is 5.02 Å². The zero-order valence-corrected chi connectivity index (χ0v) is 12.9. The lowest BCUT2D eigenvalue weighted by molar-refractivity contribution is 0.00878. The number of esters is 1. The molecule has 1 aromatic carbocycles. The van der Waals surface area contributed by atoms with E-state index in [-0.39, 0.29) is 12.1 Å². The number of rotatable bonds is 2. The number of hydrogen-bond acceptors (Lipinski definition) is 3. The van der Waals surface area contributed by atoms with Gasteiger partial charge in [0, 0.05) is 4.90 Å². The smallest absolute Gasteiger partial charge is 0.339 e. The summed E-state index contributed by atoms with van der Waals surface area (Å²) in [4.78, 5) is 12.8. The van der Waals surface area contributed by atoms with E-state index in [1.54, 1.807) is 18.2 Å². The number of carbonyl (C=O) groups is 1. The molecule has 0 heterocycles. The Morgan fingerprint density at radius 3 is 2.74 bits per heavy atom. The minimum atomic E-state index is -0.340. The summed E-state index contributed by atoms with van der Waals surface area (Å²) in [7, 11) is 0. The van der Waals surface area contributed by atoms with Crippen molar-refractivity contribution >= 4 is 30.2 Å². The zero-order chi connectivity index (χ0) is 14.0. The fraction of sp³-hybridized carbons (Fsp3) is 0.533. The molecule has 3 unspecified atom stereocenters. The van der Waals surface area contributed by atoms with Crippen molar-refractivity contribution in [2.45, 2.75) is 44.1 Å². The number of carbonyl (C=O) groups excluding carboxylic acids is 1. The van der Waals surface area contributed by atoms with E-state index in [4.69, 9.17) is 16.3 Å². The van der Waals surface area contributed by atoms with Crippen LogP contribution in [0.3, 0.4) is 0 Å². The standard InChI is InChI=1S/C15H19ClO2S/c1-9-3-4-11(7-10(9)2)18-15(17)13-8-12(19)5-6-14(13)16/h5-6,8-11,19H,3-4,7H2,1-2H3. The third kappa shape index (κ3) is 3.67. The highest BCUT2D eigenvalue weighted by Gasteiger charge is 2.27. The third-order valence-corrected chi connectivity index (χ3v) is 4.60. The van der Waals surface area contributed by atoms with Crippen molar-refractivity contribution in [2.75, 3.05) is 0 Å². The molecule has 0 radical (unpaired) electrons. The Morgan fingerprint density at radius 1 is 1.32 bits per heavy atom. The largest absolute Gasteiger partial charge is 0.459 e. The van der Waals surface area contributed by atoms with Crippen LogP contribution < -0.4 is 0 Å². The summed E-state index contributed by atoms with van der Waals surface area (Å²) in [6.07, 6.45) is 3.00. The topological polar surface area (TPSA) is 26.3 Å². The lowest BCUT2D eigenvalue weighted by Gasteiger charge is -2.31. The molecule has 19 heavy (non-hydrogen) atoms. The summed E-state index contributed by atoms with van der Waals surface area (Å²) >= 11 is 10.2. The van der Waals surface area contributed by atoms with E-state index in [1.165, 1.54) is 0 Å². The van der Waals surface area contributed by atoms with Gasteiger partial charge in [0.25, 0.3) is 0 Å². The molecule has 0 aromatic heterocycles. The molecule has 3 atom stereocenters. The molecule has 2 rings (SSSR count). The van der Waals surface area contributed by atoms with Crippen LogP contribution in [0.25, 0.3) is 0 Å². The first-order valence-electron chi connectivity index (χ1n) is 6.67. The molecule has 2 nitrogen and oxygen atoms in total. The molecule has 1 fully saturated rings. The number of halogens is 1. The second kappa shape index (κ2) is 6.19. The maximum atomic E-state index is 12.1. The van der Waals surface area contributed by atoms with Crippen molar-refractivity contribution in [1.29, 1.82) is 0 Å². The van der Waals surface area contributed by atoms with E-state index in [1.807, 2.05) is 0 Å². The van der Waals surface area contributed by atoms with Crippen LogP contribution >= 0.6 is 24.2 Å². The van der Waals surface area contributed by atoms with Crippen LogP contribution in [-0.4, -0.2) is 12.1 Å². The minimum absolute atomic E-state index is 0.0124. The normalized spacial score (nSPS) is 27.1. The molecule has 1 aliphatic carbocycles. The Hall–Kier alpha value is -0.670. The first kappa shape index (κ1) is 14.7. The van der Waals surface area contributed by atoms with Gasteiger partial charge in [-0.1, -0.05) is 25.4 Å². The van der Waals surface area contributed by atoms with Crippen LogP contribution in [0.1, 0.15) is 43.5 Å². The maximum Gasteiger partial charge on any atom is 0.339 e.